The minimum absolute atomic E-state index is 0.0391. The number of carbonyl (C=O) groups is 2. The number of nitrogens with one attached hydrogen (secondary N) is 1. The molecule has 3 nitrogen and oxygen atoms in total. The van der Waals surface area contributed by atoms with Crippen LogP contribution in [0.3, 0.4) is 0 Å². The second kappa shape index (κ2) is 5.65. The van der Waals surface area contributed by atoms with E-state index < -0.39 is 0 Å². The molecule has 0 aromatic heterocycles. The van der Waals surface area contributed by atoms with Crippen LogP contribution in [-0.4, -0.2) is 11.7 Å². The van der Waals surface area contributed by atoms with E-state index in [-0.39, 0.29) is 18.1 Å². The Kier molecular flexibility index (Phi) is 3.95. The minimum atomic E-state index is -0.213. The zero-order valence-corrected chi connectivity index (χ0v) is 11.1. The third kappa shape index (κ3) is 3.41. The summed E-state index contributed by atoms with van der Waals surface area (Å²) in [6.07, 6.45) is 4.95. The van der Waals surface area contributed by atoms with E-state index in [0.29, 0.717) is 11.5 Å². The summed E-state index contributed by atoms with van der Waals surface area (Å²) in [5.41, 5.74) is 2.48. The van der Waals surface area contributed by atoms with Crippen molar-refractivity contribution >= 4 is 17.4 Å². The van der Waals surface area contributed by atoms with Crippen LogP contribution in [0.1, 0.15) is 31.7 Å². The number of amides is 1. The summed E-state index contributed by atoms with van der Waals surface area (Å²) in [4.78, 5) is 23.2. The molecule has 1 aliphatic rings. The Balaban J connectivity index is 2.05. The van der Waals surface area contributed by atoms with E-state index in [1.807, 2.05) is 24.3 Å². The number of allylic oxidation sites excluding steroid dienone is 3. The second-order valence-electron chi connectivity index (χ2n) is 4.92. The molecule has 19 heavy (non-hydrogen) atoms. The summed E-state index contributed by atoms with van der Waals surface area (Å²) < 4.78 is 0. The molecule has 0 radical (unpaired) electrons. The van der Waals surface area contributed by atoms with E-state index >= 15 is 0 Å². The molecule has 3 heteroatoms. The summed E-state index contributed by atoms with van der Waals surface area (Å²) in [6.45, 7) is 4.25. The standard InChI is InChI=1S/C16H17NO2/c1-11(2)12-6-8-14(9-7-12)17-16(19)13-4-3-5-15(18)10-13/h3-9,11H,10H2,1-2H3,(H,17,19). The topological polar surface area (TPSA) is 46.2 Å². The average molecular weight is 255 g/mol. The van der Waals surface area contributed by atoms with Gasteiger partial charge in [0.05, 0.1) is 0 Å². The van der Waals surface area contributed by atoms with Crippen molar-refractivity contribution in [3.05, 3.63) is 53.6 Å². The van der Waals surface area contributed by atoms with Crippen molar-refractivity contribution in [1.29, 1.82) is 0 Å². The SMILES string of the molecule is CC(C)c1ccc(NC(=O)C2=CC=CC(=O)C2)cc1. The number of ketones is 1. The van der Waals surface area contributed by atoms with Crippen LogP contribution in [0.4, 0.5) is 5.69 Å². The fourth-order valence-corrected chi connectivity index (χ4v) is 1.90. The first-order chi connectivity index (χ1) is 9.06. The molecular formula is C16H17NO2. The first-order valence-electron chi connectivity index (χ1n) is 6.37. The maximum atomic E-state index is 12.0. The monoisotopic (exact) mass is 255 g/mol. The lowest BCUT2D eigenvalue weighted by molar-refractivity contribution is -0.117. The third-order valence-corrected chi connectivity index (χ3v) is 3.07. The lowest BCUT2D eigenvalue weighted by Gasteiger charge is -2.11. The summed E-state index contributed by atoms with van der Waals surface area (Å²) in [6, 6.07) is 7.77. The van der Waals surface area contributed by atoms with Crippen LogP contribution in [0.15, 0.2) is 48.1 Å². The van der Waals surface area contributed by atoms with Gasteiger partial charge in [0.25, 0.3) is 5.91 Å². The lowest BCUT2D eigenvalue weighted by atomic mass is 10.0. The zero-order chi connectivity index (χ0) is 13.8. The Labute approximate surface area is 113 Å². The second-order valence-corrected chi connectivity index (χ2v) is 4.92. The van der Waals surface area contributed by atoms with Gasteiger partial charge < -0.3 is 5.32 Å². The molecule has 2 rings (SSSR count). The lowest BCUT2D eigenvalue weighted by Crippen LogP contribution is -2.17. The molecule has 98 valence electrons. The molecule has 0 heterocycles. The van der Waals surface area contributed by atoms with Gasteiger partial charge in [-0.1, -0.05) is 38.1 Å². The summed E-state index contributed by atoms with van der Waals surface area (Å²) in [7, 11) is 0. The average Bonchev–Trinajstić information content (AvgIpc) is 2.39. The quantitative estimate of drug-likeness (QED) is 0.901. The van der Waals surface area contributed by atoms with Gasteiger partial charge >= 0.3 is 0 Å². The highest BCUT2D eigenvalue weighted by Crippen LogP contribution is 2.18. The molecule has 1 aromatic carbocycles. The maximum Gasteiger partial charge on any atom is 0.252 e. The number of hydrogen-bond donors (Lipinski definition) is 1. The van der Waals surface area contributed by atoms with Gasteiger partial charge in [-0.15, -0.1) is 0 Å². The molecule has 0 fully saturated rings. The van der Waals surface area contributed by atoms with E-state index in [0.717, 1.165) is 5.69 Å². The van der Waals surface area contributed by atoms with Crippen molar-refractivity contribution in [3.8, 4) is 0 Å². The molecule has 0 saturated carbocycles. The van der Waals surface area contributed by atoms with Crippen LogP contribution in [0.2, 0.25) is 0 Å². The van der Waals surface area contributed by atoms with Crippen molar-refractivity contribution in [2.75, 3.05) is 5.32 Å². The maximum absolute atomic E-state index is 12.0. The number of anilines is 1. The number of benzene rings is 1. The summed E-state index contributed by atoms with van der Waals surface area (Å²) >= 11 is 0. The molecule has 1 aliphatic carbocycles. The smallest absolute Gasteiger partial charge is 0.252 e. The molecular weight excluding hydrogens is 238 g/mol. The van der Waals surface area contributed by atoms with Crippen molar-refractivity contribution in [2.24, 2.45) is 0 Å². The predicted octanol–water partition coefficient (Wildman–Crippen LogP) is 3.20. The molecule has 0 spiro atoms. The Morgan fingerprint density at radius 3 is 2.47 bits per heavy atom. The van der Waals surface area contributed by atoms with Crippen LogP contribution in [0.25, 0.3) is 0 Å². The fraction of sp³-hybridized carbons (Fsp3) is 0.250. The van der Waals surface area contributed by atoms with E-state index in [1.165, 1.54) is 11.6 Å². The van der Waals surface area contributed by atoms with E-state index in [9.17, 15) is 9.59 Å². The van der Waals surface area contributed by atoms with Gasteiger partial charge in [0, 0.05) is 17.7 Å². The minimum Gasteiger partial charge on any atom is -0.322 e. The number of rotatable bonds is 3. The Morgan fingerprint density at radius 2 is 1.89 bits per heavy atom. The molecule has 0 bridgehead atoms. The number of carbonyl (C=O) groups excluding carboxylic acids is 2. The predicted molar refractivity (Wildman–Crippen MR) is 76.0 cm³/mol. The summed E-state index contributed by atoms with van der Waals surface area (Å²) in [5.74, 6) is 0.214. The van der Waals surface area contributed by atoms with Gasteiger partial charge in [-0.3, -0.25) is 9.59 Å². The van der Waals surface area contributed by atoms with Gasteiger partial charge in [-0.2, -0.15) is 0 Å². The highest BCUT2D eigenvalue weighted by Gasteiger charge is 2.14. The van der Waals surface area contributed by atoms with Crippen LogP contribution in [0.5, 0.6) is 0 Å². The van der Waals surface area contributed by atoms with Gasteiger partial charge in [-0.05, 0) is 29.7 Å². The molecule has 1 N–H and O–H groups in total. The van der Waals surface area contributed by atoms with Gasteiger partial charge in [-0.25, -0.2) is 0 Å². The Hall–Kier alpha value is -2.16. The third-order valence-electron chi connectivity index (χ3n) is 3.07. The van der Waals surface area contributed by atoms with E-state index in [2.05, 4.69) is 19.2 Å². The largest absolute Gasteiger partial charge is 0.322 e. The van der Waals surface area contributed by atoms with Gasteiger partial charge in [0.2, 0.25) is 0 Å². The van der Waals surface area contributed by atoms with E-state index in [1.54, 1.807) is 12.2 Å². The zero-order valence-electron chi connectivity index (χ0n) is 11.1. The summed E-state index contributed by atoms with van der Waals surface area (Å²) in [5, 5.41) is 2.80. The van der Waals surface area contributed by atoms with Crippen LogP contribution in [0, 0.1) is 0 Å². The Morgan fingerprint density at radius 1 is 1.21 bits per heavy atom. The van der Waals surface area contributed by atoms with Crippen molar-refractivity contribution in [1.82, 2.24) is 0 Å². The Bertz CT molecular complexity index is 551. The van der Waals surface area contributed by atoms with E-state index in [4.69, 9.17) is 0 Å². The van der Waals surface area contributed by atoms with Crippen LogP contribution in [-0.2, 0) is 9.59 Å². The van der Waals surface area contributed by atoms with Gasteiger partial charge in [0.1, 0.15) is 0 Å². The molecule has 0 atom stereocenters. The van der Waals surface area contributed by atoms with Crippen molar-refractivity contribution in [3.63, 3.8) is 0 Å². The first-order valence-corrected chi connectivity index (χ1v) is 6.37. The van der Waals surface area contributed by atoms with Crippen LogP contribution < -0.4 is 5.32 Å². The highest BCUT2D eigenvalue weighted by molar-refractivity contribution is 6.09. The molecule has 0 unspecified atom stereocenters. The molecule has 0 saturated heterocycles. The number of hydrogen-bond acceptors (Lipinski definition) is 2. The van der Waals surface area contributed by atoms with Gasteiger partial charge in [0.15, 0.2) is 5.78 Å². The van der Waals surface area contributed by atoms with Crippen LogP contribution >= 0.6 is 0 Å². The first kappa shape index (κ1) is 13.3. The van der Waals surface area contributed by atoms with Crippen molar-refractivity contribution in [2.45, 2.75) is 26.2 Å². The highest BCUT2D eigenvalue weighted by atomic mass is 16.2. The fourth-order valence-electron chi connectivity index (χ4n) is 1.90. The van der Waals surface area contributed by atoms with Crippen molar-refractivity contribution < 1.29 is 9.59 Å². The molecule has 1 aromatic rings. The molecule has 1 amide bonds. The normalized spacial score (nSPS) is 14.5. The molecule has 0 aliphatic heterocycles.